The van der Waals surface area contributed by atoms with Crippen LogP contribution in [0.4, 0.5) is 0 Å². The molecule has 16 heavy (non-hydrogen) atoms. The van der Waals surface area contributed by atoms with E-state index in [1.165, 1.54) is 0 Å². The molecule has 0 bridgehead atoms. The normalized spacial score (nSPS) is 29.2. The average Bonchev–Trinajstić information content (AvgIpc) is 2.78. The third-order valence-electron chi connectivity index (χ3n) is 3.49. The Labute approximate surface area is 96.0 Å². The third kappa shape index (κ3) is 2.29. The highest BCUT2D eigenvalue weighted by Crippen LogP contribution is 2.26. The standard InChI is InChI=1S/C12H20N2O2/c1-9-4-5-14(8-11(9)15)10(7-13)12-3-2-6-16-12/h2-3,6,9-11,15H,4-5,7-8,13H2,1H3. The molecule has 0 spiro atoms. The lowest BCUT2D eigenvalue weighted by atomic mass is 9.94. The molecule has 4 nitrogen and oxygen atoms in total. The second-order valence-corrected chi connectivity index (χ2v) is 4.60. The smallest absolute Gasteiger partial charge is 0.122 e. The van der Waals surface area contributed by atoms with Crippen LogP contribution in [0.5, 0.6) is 0 Å². The fourth-order valence-electron chi connectivity index (χ4n) is 2.28. The summed E-state index contributed by atoms with van der Waals surface area (Å²) in [5, 5.41) is 9.88. The highest BCUT2D eigenvalue weighted by molar-refractivity contribution is 5.06. The van der Waals surface area contributed by atoms with Crippen LogP contribution in [0, 0.1) is 5.92 Å². The van der Waals surface area contributed by atoms with E-state index in [1.54, 1.807) is 6.26 Å². The van der Waals surface area contributed by atoms with Gasteiger partial charge in [-0.3, -0.25) is 4.90 Å². The zero-order chi connectivity index (χ0) is 11.5. The van der Waals surface area contributed by atoms with Crippen LogP contribution in [0.1, 0.15) is 25.1 Å². The van der Waals surface area contributed by atoms with E-state index in [0.717, 1.165) is 18.7 Å². The Kier molecular flexibility index (Phi) is 3.63. The van der Waals surface area contributed by atoms with Gasteiger partial charge in [-0.05, 0) is 31.0 Å². The van der Waals surface area contributed by atoms with Gasteiger partial charge in [-0.2, -0.15) is 0 Å². The van der Waals surface area contributed by atoms with Gasteiger partial charge >= 0.3 is 0 Å². The highest BCUT2D eigenvalue weighted by Gasteiger charge is 2.30. The molecule has 90 valence electrons. The Morgan fingerprint density at radius 2 is 2.50 bits per heavy atom. The van der Waals surface area contributed by atoms with Crippen LogP contribution in [-0.2, 0) is 0 Å². The summed E-state index contributed by atoms with van der Waals surface area (Å²) in [5.74, 6) is 1.27. The van der Waals surface area contributed by atoms with Crippen molar-refractivity contribution in [3.05, 3.63) is 24.2 Å². The minimum absolute atomic E-state index is 0.0946. The first-order chi connectivity index (χ1) is 7.72. The molecule has 3 N–H and O–H groups in total. The van der Waals surface area contributed by atoms with Gasteiger partial charge < -0.3 is 15.3 Å². The number of aliphatic hydroxyl groups excluding tert-OH is 1. The lowest BCUT2D eigenvalue weighted by molar-refractivity contribution is 0.00718. The van der Waals surface area contributed by atoms with E-state index in [4.69, 9.17) is 10.2 Å². The zero-order valence-corrected chi connectivity index (χ0v) is 9.67. The first-order valence-electron chi connectivity index (χ1n) is 5.88. The molecular weight excluding hydrogens is 204 g/mol. The third-order valence-corrected chi connectivity index (χ3v) is 3.49. The fourth-order valence-corrected chi connectivity index (χ4v) is 2.28. The second-order valence-electron chi connectivity index (χ2n) is 4.60. The Hall–Kier alpha value is -0.840. The summed E-state index contributed by atoms with van der Waals surface area (Å²) in [5.41, 5.74) is 5.79. The Bertz CT molecular complexity index is 313. The lowest BCUT2D eigenvalue weighted by Crippen LogP contribution is -2.46. The molecule has 3 unspecified atom stereocenters. The largest absolute Gasteiger partial charge is 0.468 e. The van der Waals surface area contributed by atoms with Crippen molar-refractivity contribution >= 4 is 0 Å². The maximum absolute atomic E-state index is 9.88. The maximum atomic E-state index is 9.88. The number of nitrogens with zero attached hydrogens (tertiary/aromatic N) is 1. The summed E-state index contributed by atoms with van der Waals surface area (Å²) in [4.78, 5) is 2.21. The van der Waals surface area contributed by atoms with Crippen LogP contribution in [-0.4, -0.2) is 35.7 Å². The van der Waals surface area contributed by atoms with Crippen molar-refractivity contribution in [3.63, 3.8) is 0 Å². The summed E-state index contributed by atoms with van der Waals surface area (Å²) in [7, 11) is 0. The number of likely N-dealkylation sites (tertiary alicyclic amines) is 1. The Balaban J connectivity index is 2.05. The summed E-state index contributed by atoms with van der Waals surface area (Å²) < 4.78 is 5.40. The van der Waals surface area contributed by atoms with E-state index in [1.807, 2.05) is 12.1 Å². The number of hydrogen-bond donors (Lipinski definition) is 2. The van der Waals surface area contributed by atoms with Crippen molar-refractivity contribution in [1.82, 2.24) is 4.90 Å². The van der Waals surface area contributed by atoms with Crippen LogP contribution in [0.3, 0.4) is 0 Å². The van der Waals surface area contributed by atoms with Crippen molar-refractivity contribution < 1.29 is 9.52 Å². The van der Waals surface area contributed by atoms with Gasteiger partial charge in [0.1, 0.15) is 5.76 Å². The minimum atomic E-state index is -0.252. The van der Waals surface area contributed by atoms with Gasteiger partial charge in [0.15, 0.2) is 0 Å². The predicted octanol–water partition coefficient (Wildman–Crippen LogP) is 0.982. The number of β-amino-alcohol motifs (C(OH)–C–C–N with tert-alkyl or cyclic N) is 1. The number of aliphatic hydroxyl groups is 1. The molecule has 1 aliphatic heterocycles. The van der Waals surface area contributed by atoms with E-state index >= 15 is 0 Å². The zero-order valence-electron chi connectivity index (χ0n) is 9.67. The molecule has 1 aromatic rings. The van der Waals surface area contributed by atoms with Crippen LogP contribution in [0.2, 0.25) is 0 Å². The van der Waals surface area contributed by atoms with Crippen molar-refractivity contribution in [2.75, 3.05) is 19.6 Å². The number of furan rings is 1. The van der Waals surface area contributed by atoms with E-state index in [2.05, 4.69) is 11.8 Å². The molecule has 1 saturated heterocycles. The molecule has 1 aliphatic rings. The van der Waals surface area contributed by atoms with E-state index in [0.29, 0.717) is 19.0 Å². The van der Waals surface area contributed by atoms with Gasteiger partial charge in [-0.1, -0.05) is 6.92 Å². The summed E-state index contributed by atoms with van der Waals surface area (Å²) >= 11 is 0. The number of hydrogen-bond acceptors (Lipinski definition) is 4. The van der Waals surface area contributed by atoms with Gasteiger partial charge in [0.05, 0.1) is 18.4 Å². The molecule has 1 aromatic heterocycles. The van der Waals surface area contributed by atoms with Crippen molar-refractivity contribution in [3.8, 4) is 0 Å². The Morgan fingerprint density at radius 3 is 3.06 bits per heavy atom. The summed E-state index contributed by atoms with van der Waals surface area (Å²) in [6.07, 6.45) is 2.43. The predicted molar refractivity (Wildman–Crippen MR) is 61.9 cm³/mol. The molecule has 3 atom stereocenters. The minimum Gasteiger partial charge on any atom is -0.468 e. The molecule has 0 amide bonds. The van der Waals surface area contributed by atoms with Crippen LogP contribution >= 0.6 is 0 Å². The average molecular weight is 224 g/mol. The molecule has 1 fully saturated rings. The molecule has 0 aliphatic carbocycles. The summed E-state index contributed by atoms with van der Waals surface area (Å²) in [6.45, 7) is 4.27. The second kappa shape index (κ2) is 4.99. The molecule has 0 aromatic carbocycles. The molecule has 0 radical (unpaired) electrons. The summed E-state index contributed by atoms with van der Waals surface area (Å²) in [6, 6.07) is 3.92. The molecule has 4 heteroatoms. The van der Waals surface area contributed by atoms with Gasteiger partial charge in [-0.15, -0.1) is 0 Å². The molecule has 0 saturated carbocycles. The number of rotatable bonds is 3. The van der Waals surface area contributed by atoms with E-state index in [9.17, 15) is 5.11 Å². The van der Waals surface area contributed by atoms with Gasteiger partial charge in [0.2, 0.25) is 0 Å². The number of piperidine rings is 1. The van der Waals surface area contributed by atoms with Crippen LogP contribution in [0.15, 0.2) is 22.8 Å². The van der Waals surface area contributed by atoms with E-state index < -0.39 is 0 Å². The first-order valence-corrected chi connectivity index (χ1v) is 5.88. The molecular formula is C12H20N2O2. The van der Waals surface area contributed by atoms with Gasteiger partial charge in [0.25, 0.3) is 0 Å². The number of nitrogens with two attached hydrogens (primary N) is 1. The Morgan fingerprint density at radius 1 is 1.69 bits per heavy atom. The van der Waals surface area contributed by atoms with E-state index in [-0.39, 0.29) is 12.1 Å². The topological polar surface area (TPSA) is 62.6 Å². The van der Waals surface area contributed by atoms with Gasteiger partial charge in [0, 0.05) is 13.1 Å². The SMILES string of the molecule is CC1CCN(C(CN)c2ccco2)CC1O. The molecule has 2 heterocycles. The maximum Gasteiger partial charge on any atom is 0.122 e. The van der Waals surface area contributed by atoms with Crippen molar-refractivity contribution in [2.45, 2.75) is 25.5 Å². The molecule has 2 rings (SSSR count). The van der Waals surface area contributed by atoms with Crippen molar-refractivity contribution in [1.29, 1.82) is 0 Å². The lowest BCUT2D eigenvalue weighted by Gasteiger charge is -2.38. The van der Waals surface area contributed by atoms with Gasteiger partial charge in [-0.25, -0.2) is 0 Å². The monoisotopic (exact) mass is 224 g/mol. The quantitative estimate of drug-likeness (QED) is 0.803. The van der Waals surface area contributed by atoms with Crippen molar-refractivity contribution in [2.24, 2.45) is 11.7 Å². The van der Waals surface area contributed by atoms with Crippen LogP contribution < -0.4 is 5.73 Å². The van der Waals surface area contributed by atoms with Crippen LogP contribution in [0.25, 0.3) is 0 Å². The first kappa shape index (κ1) is 11.6. The highest BCUT2D eigenvalue weighted by atomic mass is 16.3. The fraction of sp³-hybridized carbons (Fsp3) is 0.667.